The maximum absolute atomic E-state index is 13.5. The molecule has 1 amide bonds. The quantitative estimate of drug-likeness (QED) is 0.314. The van der Waals surface area contributed by atoms with Crippen LogP contribution < -0.4 is 11.2 Å². The number of halogens is 1. The van der Waals surface area contributed by atoms with Gasteiger partial charge in [0.05, 0.1) is 17.9 Å². The molecule has 206 valence electrons. The molecule has 11 heteroatoms. The highest BCUT2D eigenvalue weighted by Crippen LogP contribution is 2.45. The van der Waals surface area contributed by atoms with Crippen LogP contribution in [0.4, 0.5) is 4.39 Å². The molecule has 1 fully saturated rings. The molecule has 1 aliphatic heterocycles. The zero-order valence-corrected chi connectivity index (χ0v) is 22.9. The standard InChI is InChI=1S/C29H28BFN2O6S/c1-16-22-11-17(3-10-25(22)30(35)39-16)14-33(40(2,36)37)15-20-12-26-24(13-23(20)18-4-5-18)27(29(32)34)28(38-26)19-6-8-21(31)9-7-19/h3,6-13,16,18,35H,4-5,14-15H2,1-2H3,(H2,32,34). The summed E-state index contributed by atoms with van der Waals surface area (Å²) >= 11 is 0. The van der Waals surface area contributed by atoms with E-state index in [0.29, 0.717) is 22.0 Å². The van der Waals surface area contributed by atoms with Crippen molar-refractivity contribution in [3.05, 3.63) is 88.2 Å². The van der Waals surface area contributed by atoms with E-state index >= 15 is 0 Å². The van der Waals surface area contributed by atoms with Crippen molar-refractivity contribution in [2.45, 2.75) is 44.9 Å². The summed E-state index contributed by atoms with van der Waals surface area (Å²) in [4.78, 5) is 12.5. The molecular weight excluding hydrogens is 534 g/mol. The largest absolute Gasteiger partial charge is 0.491 e. The molecule has 6 rings (SSSR count). The van der Waals surface area contributed by atoms with E-state index in [1.54, 1.807) is 18.2 Å². The summed E-state index contributed by atoms with van der Waals surface area (Å²) in [5.41, 5.74) is 10.9. The summed E-state index contributed by atoms with van der Waals surface area (Å²) in [5.74, 6) is -0.588. The number of hydrogen-bond acceptors (Lipinski definition) is 6. The average molecular weight is 562 g/mol. The number of carbonyl (C=O) groups is 1. The van der Waals surface area contributed by atoms with Crippen molar-refractivity contribution in [1.29, 1.82) is 0 Å². The fraction of sp³-hybridized carbons (Fsp3) is 0.276. The highest BCUT2D eigenvalue weighted by Gasteiger charge is 2.34. The Balaban J connectivity index is 1.41. The number of rotatable bonds is 8. The molecule has 1 atom stereocenters. The molecular formula is C29H28BFN2O6S. The summed E-state index contributed by atoms with van der Waals surface area (Å²) in [6.07, 6.45) is 2.79. The van der Waals surface area contributed by atoms with Crippen LogP contribution in [-0.2, 0) is 27.8 Å². The van der Waals surface area contributed by atoms with Crippen molar-refractivity contribution in [3.8, 4) is 11.3 Å². The Hall–Kier alpha value is -3.51. The molecule has 1 saturated carbocycles. The number of fused-ring (bicyclic) bond motifs is 2. The molecule has 0 spiro atoms. The lowest BCUT2D eigenvalue weighted by Gasteiger charge is -2.22. The van der Waals surface area contributed by atoms with Gasteiger partial charge in [-0.05, 0) is 89.8 Å². The molecule has 3 N–H and O–H groups in total. The van der Waals surface area contributed by atoms with E-state index in [2.05, 4.69) is 0 Å². The van der Waals surface area contributed by atoms with Crippen LogP contribution in [0.25, 0.3) is 22.3 Å². The molecule has 3 aromatic carbocycles. The van der Waals surface area contributed by atoms with Crippen molar-refractivity contribution in [2.75, 3.05) is 6.26 Å². The fourth-order valence-corrected chi connectivity index (χ4v) is 6.24. The van der Waals surface area contributed by atoms with Crippen molar-refractivity contribution < 1.29 is 31.7 Å². The van der Waals surface area contributed by atoms with Crippen LogP contribution in [0.3, 0.4) is 0 Å². The van der Waals surface area contributed by atoms with E-state index in [0.717, 1.165) is 35.1 Å². The molecule has 1 unspecified atom stereocenters. The molecule has 40 heavy (non-hydrogen) atoms. The number of hydrogen-bond donors (Lipinski definition) is 2. The van der Waals surface area contributed by atoms with Gasteiger partial charge in [0.1, 0.15) is 17.2 Å². The van der Waals surface area contributed by atoms with Crippen molar-refractivity contribution in [1.82, 2.24) is 4.31 Å². The van der Waals surface area contributed by atoms with Crippen LogP contribution in [0.1, 0.15) is 64.4 Å². The van der Waals surface area contributed by atoms with Crippen LogP contribution in [0, 0.1) is 5.82 Å². The molecule has 1 aliphatic carbocycles. The fourth-order valence-electron chi connectivity index (χ4n) is 5.49. The predicted octanol–water partition coefficient (Wildman–Crippen LogP) is 3.96. The summed E-state index contributed by atoms with van der Waals surface area (Å²) in [5, 5.41) is 10.6. The van der Waals surface area contributed by atoms with Gasteiger partial charge < -0.3 is 19.8 Å². The summed E-state index contributed by atoms with van der Waals surface area (Å²) in [6.45, 7) is 2.07. The van der Waals surface area contributed by atoms with Gasteiger partial charge in [-0.2, -0.15) is 4.31 Å². The topological polar surface area (TPSA) is 123 Å². The van der Waals surface area contributed by atoms with Gasteiger partial charge in [-0.3, -0.25) is 4.79 Å². The average Bonchev–Trinajstić information content (AvgIpc) is 3.61. The molecule has 8 nitrogen and oxygen atoms in total. The van der Waals surface area contributed by atoms with E-state index in [9.17, 15) is 22.6 Å². The third-order valence-corrected chi connectivity index (χ3v) is 8.88. The van der Waals surface area contributed by atoms with Gasteiger partial charge in [0, 0.05) is 24.0 Å². The Morgan fingerprint density at radius 1 is 1.10 bits per heavy atom. The Labute approximate surface area is 231 Å². The first-order valence-electron chi connectivity index (χ1n) is 13.1. The SMILES string of the molecule is CC1OB(O)c2ccc(CN(Cc3cc4oc(-c5ccc(F)cc5)c(C(N)=O)c4cc3C3CC3)S(C)(=O)=O)cc21. The zero-order chi connectivity index (χ0) is 28.3. The van der Waals surface area contributed by atoms with Gasteiger partial charge in [-0.25, -0.2) is 12.8 Å². The van der Waals surface area contributed by atoms with E-state index in [-0.39, 0.29) is 36.4 Å². The number of carbonyl (C=O) groups excluding carboxylic acids is 1. The Bertz CT molecular complexity index is 1750. The smallest absolute Gasteiger partial charge is 0.455 e. The minimum Gasteiger partial charge on any atom is -0.455 e. The monoisotopic (exact) mass is 562 g/mol. The second-order valence-corrected chi connectivity index (χ2v) is 12.6. The van der Waals surface area contributed by atoms with Crippen LogP contribution >= 0.6 is 0 Å². The minimum atomic E-state index is -3.63. The molecule has 2 heterocycles. The second-order valence-electron chi connectivity index (χ2n) is 10.6. The highest BCUT2D eigenvalue weighted by atomic mass is 32.2. The van der Waals surface area contributed by atoms with Gasteiger partial charge in [-0.15, -0.1) is 0 Å². The lowest BCUT2D eigenvalue weighted by atomic mass is 9.79. The van der Waals surface area contributed by atoms with Crippen molar-refractivity contribution in [2.24, 2.45) is 5.73 Å². The van der Waals surface area contributed by atoms with Crippen LogP contribution in [0.15, 0.2) is 59.0 Å². The normalized spacial score (nSPS) is 17.1. The number of nitrogens with two attached hydrogens (primary N) is 1. The first-order valence-corrected chi connectivity index (χ1v) is 14.9. The van der Waals surface area contributed by atoms with E-state index < -0.39 is 28.9 Å². The third kappa shape index (κ3) is 4.94. The van der Waals surface area contributed by atoms with E-state index in [1.165, 1.54) is 34.8 Å². The number of primary amides is 1. The maximum Gasteiger partial charge on any atom is 0.491 e. The van der Waals surface area contributed by atoms with E-state index in [4.69, 9.17) is 14.8 Å². The molecule has 1 aromatic heterocycles. The van der Waals surface area contributed by atoms with Gasteiger partial charge in [0.25, 0.3) is 5.91 Å². The van der Waals surface area contributed by atoms with Gasteiger partial charge >= 0.3 is 7.12 Å². The highest BCUT2D eigenvalue weighted by molar-refractivity contribution is 7.88. The summed E-state index contributed by atoms with van der Waals surface area (Å²) < 4.78 is 52.4. The molecule has 0 bridgehead atoms. The second kappa shape index (κ2) is 9.85. The minimum absolute atomic E-state index is 0.102. The van der Waals surface area contributed by atoms with Crippen LogP contribution in [0.2, 0.25) is 0 Å². The van der Waals surface area contributed by atoms with Gasteiger partial charge in [0.15, 0.2) is 0 Å². The van der Waals surface area contributed by atoms with Crippen molar-refractivity contribution >= 4 is 39.5 Å². The summed E-state index contributed by atoms with van der Waals surface area (Å²) in [6, 6.07) is 14.7. The van der Waals surface area contributed by atoms with Crippen molar-refractivity contribution in [3.63, 3.8) is 0 Å². The van der Waals surface area contributed by atoms with E-state index in [1.807, 2.05) is 19.1 Å². The zero-order valence-electron chi connectivity index (χ0n) is 22.1. The number of benzene rings is 3. The lowest BCUT2D eigenvalue weighted by molar-refractivity contribution is 0.100. The third-order valence-electron chi connectivity index (χ3n) is 7.68. The predicted molar refractivity (Wildman–Crippen MR) is 150 cm³/mol. The number of amides is 1. The van der Waals surface area contributed by atoms with Crippen LogP contribution in [-0.4, -0.2) is 37.0 Å². The van der Waals surface area contributed by atoms with Crippen LogP contribution in [0.5, 0.6) is 0 Å². The number of nitrogens with zero attached hydrogens (tertiary/aromatic N) is 1. The molecule has 2 aliphatic rings. The Kier molecular flexibility index (Phi) is 6.57. The molecule has 0 radical (unpaired) electrons. The number of furan rings is 1. The summed E-state index contributed by atoms with van der Waals surface area (Å²) in [7, 11) is -4.62. The Morgan fingerprint density at radius 2 is 1.82 bits per heavy atom. The van der Waals surface area contributed by atoms with Gasteiger partial charge in [0.2, 0.25) is 10.0 Å². The first-order chi connectivity index (χ1) is 19.0. The maximum atomic E-state index is 13.5. The Morgan fingerprint density at radius 3 is 2.48 bits per heavy atom. The molecule has 4 aromatic rings. The number of sulfonamides is 1. The first kappa shape index (κ1) is 26.7. The molecule has 0 saturated heterocycles. The lowest BCUT2D eigenvalue weighted by Crippen LogP contribution is -2.30. The van der Waals surface area contributed by atoms with Gasteiger partial charge in [-0.1, -0.05) is 18.2 Å².